The summed E-state index contributed by atoms with van der Waals surface area (Å²) in [5.41, 5.74) is 2.04. The van der Waals surface area contributed by atoms with Gasteiger partial charge in [0.2, 0.25) is 0 Å². The van der Waals surface area contributed by atoms with Crippen molar-refractivity contribution in [1.82, 2.24) is 10.2 Å². The van der Waals surface area contributed by atoms with Crippen LogP contribution >= 0.6 is 15.9 Å². The normalized spacial score (nSPS) is 11.5. The van der Waals surface area contributed by atoms with Crippen LogP contribution in [0.1, 0.15) is 18.2 Å². The molecule has 0 aliphatic rings. The van der Waals surface area contributed by atoms with E-state index in [0.717, 1.165) is 16.5 Å². The van der Waals surface area contributed by atoms with Crippen molar-refractivity contribution in [1.29, 1.82) is 0 Å². The van der Waals surface area contributed by atoms with Crippen LogP contribution in [-0.4, -0.2) is 18.6 Å². The molecule has 0 saturated carbocycles. The molecule has 0 aliphatic carbocycles. The van der Waals surface area contributed by atoms with Crippen LogP contribution in [0.25, 0.3) is 0 Å². The summed E-state index contributed by atoms with van der Waals surface area (Å²) in [6.07, 6.45) is 2.05. The molecule has 0 bridgehead atoms. The Labute approximate surface area is 120 Å². The van der Waals surface area contributed by atoms with E-state index in [1.165, 1.54) is 6.20 Å². The van der Waals surface area contributed by atoms with Gasteiger partial charge in [-0.3, -0.25) is 9.82 Å². The van der Waals surface area contributed by atoms with E-state index in [4.69, 9.17) is 0 Å². The minimum Gasteiger partial charge on any atom is -0.281 e. The predicted octanol–water partition coefficient (Wildman–Crippen LogP) is 2.84. The molecule has 0 spiro atoms. The first kappa shape index (κ1) is 14.1. The van der Waals surface area contributed by atoms with Crippen LogP contribution in [0.5, 0.6) is 0 Å². The first-order chi connectivity index (χ1) is 8.94. The number of nitrogens with zero attached hydrogens (tertiary/aromatic N) is 1. The van der Waals surface area contributed by atoms with Gasteiger partial charge >= 0.3 is 0 Å². The number of sulfonamides is 1. The van der Waals surface area contributed by atoms with Gasteiger partial charge < -0.3 is 0 Å². The molecule has 19 heavy (non-hydrogen) atoms. The summed E-state index contributed by atoms with van der Waals surface area (Å²) >= 11 is 3.37. The van der Waals surface area contributed by atoms with Gasteiger partial charge in [-0.05, 0) is 37.1 Å². The van der Waals surface area contributed by atoms with Crippen molar-refractivity contribution in [2.24, 2.45) is 0 Å². The van der Waals surface area contributed by atoms with Crippen LogP contribution in [0.2, 0.25) is 0 Å². The van der Waals surface area contributed by atoms with Crippen LogP contribution in [0, 0.1) is 6.92 Å². The first-order valence-electron chi connectivity index (χ1n) is 5.75. The molecule has 1 aromatic heterocycles. The maximum Gasteiger partial charge on any atom is 0.265 e. The molecule has 1 aromatic carbocycles. The zero-order chi connectivity index (χ0) is 14.0. The van der Waals surface area contributed by atoms with Gasteiger partial charge in [-0.1, -0.05) is 22.9 Å². The summed E-state index contributed by atoms with van der Waals surface area (Å²) in [5.74, 6) is 0. The van der Waals surface area contributed by atoms with Crippen LogP contribution in [-0.2, 0) is 16.4 Å². The fraction of sp³-hybridized carbons (Fsp3) is 0.250. The Morgan fingerprint density at radius 3 is 2.74 bits per heavy atom. The van der Waals surface area contributed by atoms with E-state index in [-0.39, 0.29) is 4.90 Å². The standard InChI is InChI=1S/C12H14BrN3O2S/c1-3-9-6-10(13)4-5-11(9)16-19(17,18)12-7-14-15-8(12)2/h4-7,16H,3H2,1-2H3,(H,14,15). The van der Waals surface area contributed by atoms with Crippen molar-refractivity contribution in [3.8, 4) is 0 Å². The summed E-state index contributed by atoms with van der Waals surface area (Å²) in [5, 5.41) is 6.36. The summed E-state index contributed by atoms with van der Waals surface area (Å²) in [4.78, 5) is 0.164. The zero-order valence-electron chi connectivity index (χ0n) is 10.6. The Morgan fingerprint density at radius 1 is 1.42 bits per heavy atom. The van der Waals surface area contributed by atoms with Gasteiger partial charge in [-0.25, -0.2) is 8.42 Å². The molecule has 0 atom stereocenters. The maximum atomic E-state index is 12.3. The van der Waals surface area contributed by atoms with Gasteiger partial charge in [0.1, 0.15) is 4.90 Å². The van der Waals surface area contributed by atoms with E-state index in [1.807, 2.05) is 13.0 Å². The number of aromatic nitrogens is 2. The SMILES string of the molecule is CCc1cc(Br)ccc1NS(=O)(=O)c1cn[nH]c1C. The lowest BCUT2D eigenvalue weighted by Crippen LogP contribution is -2.14. The first-order valence-corrected chi connectivity index (χ1v) is 8.03. The predicted molar refractivity (Wildman–Crippen MR) is 77.7 cm³/mol. The van der Waals surface area contributed by atoms with E-state index >= 15 is 0 Å². The van der Waals surface area contributed by atoms with E-state index in [2.05, 4.69) is 30.8 Å². The fourth-order valence-corrected chi connectivity index (χ4v) is 3.41. The minimum absolute atomic E-state index is 0.164. The third-order valence-electron chi connectivity index (χ3n) is 2.77. The molecule has 0 saturated heterocycles. The monoisotopic (exact) mass is 343 g/mol. The molecule has 0 amide bonds. The van der Waals surface area contributed by atoms with Crippen molar-refractivity contribution in [2.45, 2.75) is 25.2 Å². The third-order valence-corrected chi connectivity index (χ3v) is 4.74. The zero-order valence-corrected chi connectivity index (χ0v) is 13.0. The van der Waals surface area contributed by atoms with Gasteiger partial charge in [0.15, 0.2) is 0 Å². The third kappa shape index (κ3) is 2.98. The smallest absolute Gasteiger partial charge is 0.265 e. The van der Waals surface area contributed by atoms with Crippen LogP contribution in [0.4, 0.5) is 5.69 Å². The Bertz CT molecular complexity index is 695. The minimum atomic E-state index is -3.61. The highest BCUT2D eigenvalue weighted by Gasteiger charge is 2.19. The lowest BCUT2D eigenvalue weighted by atomic mass is 10.1. The molecule has 0 radical (unpaired) electrons. The fourth-order valence-electron chi connectivity index (χ4n) is 1.76. The van der Waals surface area contributed by atoms with Gasteiger partial charge in [0.25, 0.3) is 10.0 Å². The van der Waals surface area contributed by atoms with Crippen molar-refractivity contribution in [3.63, 3.8) is 0 Å². The summed E-state index contributed by atoms with van der Waals surface area (Å²) < 4.78 is 28.0. The van der Waals surface area contributed by atoms with Crippen molar-refractivity contribution in [2.75, 3.05) is 4.72 Å². The number of hydrogen-bond donors (Lipinski definition) is 2. The van der Waals surface area contributed by atoms with E-state index < -0.39 is 10.0 Å². The topological polar surface area (TPSA) is 74.8 Å². The Hall–Kier alpha value is -1.34. The Kier molecular flexibility index (Phi) is 3.96. The second kappa shape index (κ2) is 5.34. The summed E-state index contributed by atoms with van der Waals surface area (Å²) in [7, 11) is -3.61. The second-order valence-electron chi connectivity index (χ2n) is 4.12. The van der Waals surface area contributed by atoms with Gasteiger partial charge in [0.05, 0.1) is 17.6 Å². The summed E-state index contributed by atoms with van der Waals surface area (Å²) in [6.45, 7) is 3.65. The number of anilines is 1. The van der Waals surface area contributed by atoms with E-state index in [0.29, 0.717) is 11.4 Å². The van der Waals surface area contributed by atoms with Crippen LogP contribution in [0.15, 0.2) is 33.8 Å². The van der Waals surface area contributed by atoms with Gasteiger partial charge in [-0.2, -0.15) is 5.10 Å². The van der Waals surface area contributed by atoms with Crippen molar-refractivity contribution < 1.29 is 8.42 Å². The average Bonchev–Trinajstić information content (AvgIpc) is 2.78. The largest absolute Gasteiger partial charge is 0.281 e. The maximum absolute atomic E-state index is 12.3. The van der Waals surface area contributed by atoms with Crippen LogP contribution < -0.4 is 4.72 Å². The number of aromatic amines is 1. The van der Waals surface area contributed by atoms with Gasteiger partial charge in [-0.15, -0.1) is 0 Å². The molecular formula is C12H14BrN3O2S. The number of aryl methyl sites for hydroxylation is 2. The molecule has 1 heterocycles. The highest BCUT2D eigenvalue weighted by Crippen LogP contribution is 2.24. The molecule has 0 unspecified atom stereocenters. The molecule has 2 N–H and O–H groups in total. The molecule has 102 valence electrons. The van der Waals surface area contributed by atoms with Crippen molar-refractivity contribution in [3.05, 3.63) is 40.1 Å². The quantitative estimate of drug-likeness (QED) is 0.896. The lowest BCUT2D eigenvalue weighted by Gasteiger charge is -2.11. The number of rotatable bonds is 4. The highest BCUT2D eigenvalue weighted by atomic mass is 79.9. The molecule has 0 aliphatic heterocycles. The molecule has 7 heteroatoms. The molecular weight excluding hydrogens is 330 g/mol. The molecule has 2 rings (SSSR count). The Balaban J connectivity index is 2.39. The number of benzene rings is 1. The van der Waals surface area contributed by atoms with Gasteiger partial charge in [0, 0.05) is 4.47 Å². The Morgan fingerprint density at radius 2 is 2.16 bits per heavy atom. The molecule has 5 nitrogen and oxygen atoms in total. The van der Waals surface area contributed by atoms with E-state index in [1.54, 1.807) is 19.1 Å². The second-order valence-corrected chi connectivity index (χ2v) is 6.69. The molecule has 0 fully saturated rings. The lowest BCUT2D eigenvalue weighted by molar-refractivity contribution is 0.600. The number of nitrogens with one attached hydrogen (secondary N) is 2. The number of H-pyrrole nitrogens is 1. The van der Waals surface area contributed by atoms with Crippen molar-refractivity contribution >= 4 is 31.6 Å². The number of halogens is 1. The summed E-state index contributed by atoms with van der Waals surface area (Å²) in [6, 6.07) is 5.45. The molecule has 2 aromatic rings. The van der Waals surface area contributed by atoms with E-state index in [9.17, 15) is 8.42 Å². The average molecular weight is 344 g/mol. The number of hydrogen-bond acceptors (Lipinski definition) is 3. The highest BCUT2D eigenvalue weighted by molar-refractivity contribution is 9.10. The van der Waals surface area contributed by atoms with Crippen LogP contribution in [0.3, 0.4) is 0 Å².